The van der Waals surface area contributed by atoms with Gasteiger partial charge in [-0.1, -0.05) is 13.8 Å². The Morgan fingerprint density at radius 1 is 1.38 bits per heavy atom. The van der Waals surface area contributed by atoms with E-state index in [2.05, 4.69) is 19.2 Å². The fourth-order valence-electron chi connectivity index (χ4n) is 1.74. The van der Waals surface area contributed by atoms with E-state index in [-0.39, 0.29) is 25.1 Å². The van der Waals surface area contributed by atoms with Crippen LogP contribution in [0.2, 0.25) is 0 Å². The fourth-order valence-corrected chi connectivity index (χ4v) is 2.78. The average Bonchev–Trinajstić information content (AvgIpc) is 2.82. The molecule has 1 amide bonds. The number of hydrogen-bond donors (Lipinski definition) is 2. The Kier molecular flexibility index (Phi) is 6.98. The molecule has 0 radical (unpaired) electrons. The second kappa shape index (κ2) is 8.24. The molecular formula is C14H21ClN2O3S. The van der Waals surface area contributed by atoms with E-state index in [0.717, 1.165) is 12.2 Å². The smallest absolute Gasteiger partial charge is 0.234 e. The first-order chi connectivity index (χ1) is 9.56. The third-order valence-electron chi connectivity index (χ3n) is 2.89. The predicted molar refractivity (Wildman–Crippen MR) is 89.6 cm³/mol. The van der Waals surface area contributed by atoms with E-state index in [0.29, 0.717) is 34.5 Å². The zero-order chi connectivity index (χ0) is 14.5. The summed E-state index contributed by atoms with van der Waals surface area (Å²) in [5.41, 5.74) is 6.93. The van der Waals surface area contributed by atoms with Crippen LogP contribution in [0.3, 0.4) is 0 Å². The van der Waals surface area contributed by atoms with Gasteiger partial charge in [-0.3, -0.25) is 4.79 Å². The molecule has 2 rings (SSSR count). The minimum absolute atomic E-state index is 0. The largest absolute Gasteiger partial charge is 0.454 e. The van der Waals surface area contributed by atoms with Gasteiger partial charge in [0.1, 0.15) is 0 Å². The number of thioether (sulfide) groups is 1. The van der Waals surface area contributed by atoms with Crippen LogP contribution in [0.15, 0.2) is 12.1 Å². The van der Waals surface area contributed by atoms with Gasteiger partial charge in [-0.05, 0) is 18.1 Å². The summed E-state index contributed by atoms with van der Waals surface area (Å²) in [6.07, 6.45) is 1.12. The van der Waals surface area contributed by atoms with Crippen LogP contribution < -0.4 is 20.5 Å². The lowest BCUT2D eigenvalue weighted by molar-refractivity contribution is -0.113. The number of fused-ring (bicyclic) bond motifs is 1. The normalized spacial score (nSPS) is 12.1. The van der Waals surface area contributed by atoms with E-state index >= 15 is 0 Å². The first-order valence-corrected chi connectivity index (χ1v) is 7.78. The summed E-state index contributed by atoms with van der Waals surface area (Å²) >= 11 is 1.63. The third-order valence-corrected chi connectivity index (χ3v) is 3.88. The number of ether oxygens (including phenoxy) is 2. The van der Waals surface area contributed by atoms with Crippen LogP contribution in [0.25, 0.3) is 0 Å². The second-order valence-corrected chi connectivity index (χ2v) is 6.18. The standard InChI is InChI=1S/C14H20N2O3S.ClH/c1-9(2)3-4-20-7-14(17)16-11-6-13-12(5-10(11)15)18-8-19-13;/h5-6,9H,3-4,7-8,15H2,1-2H3,(H,16,17);1H. The highest BCUT2D eigenvalue weighted by atomic mass is 35.5. The van der Waals surface area contributed by atoms with E-state index in [9.17, 15) is 4.79 Å². The number of amides is 1. The molecule has 1 aromatic carbocycles. The van der Waals surface area contributed by atoms with Crippen LogP contribution in [0.4, 0.5) is 11.4 Å². The highest BCUT2D eigenvalue weighted by Gasteiger charge is 2.17. The number of benzene rings is 1. The summed E-state index contributed by atoms with van der Waals surface area (Å²) in [5, 5.41) is 2.81. The molecule has 118 valence electrons. The summed E-state index contributed by atoms with van der Waals surface area (Å²) in [4.78, 5) is 11.8. The molecule has 1 aliphatic heterocycles. The van der Waals surface area contributed by atoms with Crippen molar-refractivity contribution in [2.75, 3.05) is 29.3 Å². The van der Waals surface area contributed by atoms with Crippen LogP contribution in [0, 0.1) is 5.92 Å². The number of nitrogens with one attached hydrogen (secondary N) is 1. The number of nitrogen functional groups attached to an aromatic ring is 1. The summed E-state index contributed by atoms with van der Waals surface area (Å²) in [6, 6.07) is 3.37. The fraction of sp³-hybridized carbons (Fsp3) is 0.500. The third kappa shape index (κ3) is 5.21. The molecule has 0 aromatic heterocycles. The first kappa shape index (κ1) is 17.8. The Hall–Kier alpha value is -1.27. The number of carbonyl (C=O) groups is 1. The van der Waals surface area contributed by atoms with Gasteiger partial charge in [0, 0.05) is 12.1 Å². The molecule has 0 unspecified atom stereocenters. The Bertz CT molecular complexity index is 497. The second-order valence-electron chi connectivity index (χ2n) is 5.08. The van der Waals surface area contributed by atoms with E-state index in [1.165, 1.54) is 0 Å². The van der Waals surface area contributed by atoms with Crippen molar-refractivity contribution < 1.29 is 14.3 Å². The zero-order valence-corrected chi connectivity index (χ0v) is 13.8. The number of halogens is 1. The Morgan fingerprint density at radius 2 is 2.05 bits per heavy atom. The van der Waals surface area contributed by atoms with Crippen molar-refractivity contribution in [3.8, 4) is 11.5 Å². The van der Waals surface area contributed by atoms with Gasteiger partial charge in [0.15, 0.2) is 11.5 Å². The molecule has 0 aliphatic carbocycles. The van der Waals surface area contributed by atoms with E-state index in [4.69, 9.17) is 15.2 Å². The molecule has 3 N–H and O–H groups in total. The average molecular weight is 333 g/mol. The zero-order valence-electron chi connectivity index (χ0n) is 12.2. The van der Waals surface area contributed by atoms with E-state index < -0.39 is 0 Å². The molecule has 0 saturated heterocycles. The van der Waals surface area contributed by atoms with Crippen LogP contribution >= 0.6 is 24.2 Å². The molecule has 1 heterocycles. The SMILES string of the molecule is CC(C)CCSCC(=O)Nc1cc2c(cc1N)OCO2.Cl. The predicted octanol–water partition coefficient (Wildman–Crippen LogP) is 3.14. The van der Waals surface area contributed by atoms with Gasteiger partial charge in [-0.25, -0.2) is 0 Å². The van der Waals surface area contributed by atoms with Gasteiger partial charge in [0.05, 0.1) is 17.1 Å². The molecule has 1 aliphatic rings. The minimum atomic E-state index is -0.0516. The van der Waals surface area contributed by atoms with Gasteiger partial charge in [0.2, 0.25) is 12.7 Å². The van der Waals surface area contributed by atoms with Crippen molar-refractivity contribution in [3.63, 3.8) is 0 Å². The van der Waals surface area contributed by atoms with E-state index in [1.54, 1.807) is 23.9 Å². The molecule has 0 atom stereocenters. The van der Waals surface area contributed by atoms with Crippen molar-refractivity contribution in [3.05, 3.63) is 12.1 Å². The summed E-state index contributed by atoms with van der Waals surface area (Å²) < 4.78 is 10.5. The summed E-state index contributed by atoms with van der Waals surface area (Å²) in [7, 11) is 0. The van der Waals surface area contributed by atoms with Crippen molar-refractivity contribution in [1.82, 2.24) is 0 Å². The van der Waals surface area contributed by atoms with Crippen molar-refractivity contribution in [2.45, 2.75) is 20.3 Å². The maximum Gasteiger partial charge on any atom is 0.234 e. The van der Waals surface area contributed by atoms with E-state index in [1.807, 2.05) is 0 Å². The Labute approximate surface area is 135 Å². The minimum Gasteiger partial charge on any atom is -0.454 e. The molecular weight excluding hydrogens is 312 g/mol. The molecule has 5 nitrogen and oxygen atoms in total. The van der Waals surface area contributed by atoms with Gasteiger partial charge < -0.3 is 20.5 Å². The molecule has 1 aromatic rings. The van der Waals surface area contributed by atoms with Gasteiger partial charge in [0.25, 0.3) is 0 Å². The maximum atomic E-state index is 11.8. The lowest BCUT2D eigenvalue weighted by atomic mass is 10.2. The number of carbonyl (C=O) groups excluding carboxylic acids is 1. The van der Waals surface area contributed by atoms with Gasteiger partial charge in [-0.15, -0.1) is 12.4 Å². The molecule has 0 saturated carbocycles. The van der Waals surface area contributed by atoms with Gasteiger partial charge >= 0.3 is 0 Å². The topological polar surface area (TPSA) is 73.6 Å². The Balaban J connectivity index is 0.00000220. The molecule has 21 heavy (non-hydrogen) atoms. The lowest BCUT2D eigenvalue weighted by Crippen LogP contribution is -2.15. The summed E-state index contributed by atoms with van der Waals surface area (Å²) in [5.74, 6) is 3.26. The van der Waals surface area contributed by atoms with Crippen LogP contribution in [-0.2, 0) is 4.79 Å². The van der Waals surface area contributed by atoms with Crippen LogP contribution in [0.5, 0.6) is 11.5 Å². The van der Waals surface area contributed by atoms with Crippen molar-refractivity contribution in [1.29, 1.82) is 0 Å². The monoisotopic (exact) mass is 332 g/mol. The quantitative estimate of drug-likeness (QED) is 0.618. The molecule has 0 fully saturated rings. The molecule has 7 heteroatoms. The van der Waals surface area contributed by atoms with Crippen LogP contribution in [0.1, 0.15) is 20.3 Å². The maximum absolute atomic E-state index is 11.8. The Morgan fingerprint density at radius 3 is 2.71 bits per heavy atom. The number of nitrogens with two attached hydrogens (primary N) is 1. The van der Waals surface area contributed by atoms with Crippen molar-refractivity contribution in [2.24, 2.45) is 5.92 Å². The number of anilines is 2. The number of rotatable bonds is 6. The van der Waals surface area contributed by atoms with Crippen LogP contribution in [-0.4, -0.2) is 24.2 Å². The summed E-state index contributed by atoms with van der Waals surface area (Å²) in [6.45, 7) is 4.54. The number of hydrogen-bond acceptors (Lipinski definition) is 5. The molecule has 0 bridgehead atoms. The highest BCUT2D eigenvalue weighted by Crippen LogP contribution is 2.38. The van der Waals surface area contributed by atoms with Crippen molar-refractivity contribution >= 4 is 41.5 Å². The first-order valence-electron chi connectivity index (χ1n) is 6.63. The van der Waals surface area contributed by atoms with Gasteiger partial charge in [-0.2, -0.15) is 11.8 Å². The molecule has 0 spiro atoms. The highest BCUT2D eigenvalue weighted by molar-refractivity contribution is 7.99. The lowest BCUT2D eigenvalue weighted by Gasteiger charge is -2.09.